The number of aromatic nitrogens is 2. The zero-order valence-corrected chi connectivity index (χ0v) is 15.5. The Bertz CT molecular complexity index is 833. The predicted molar refractivity (Wildman–Crippen MR) is 108 cm³/mol. The molecule has 0 unspecified atom stereocenters. The summed E-state index contributed by atoms with van der Waals surface area (Å²) >= 11 is 0. The molecule has 0 aliphatic heterocycles. The van der Waals surface area contributed by atoms with Gasteiger partial charge in [0.25, 0.3) is 0 Å². The van der Waals surface area contributed by atoms with Crippen molar-refractivity contribution < 1.29 is 4.79 Å². The van der Waals surface area contributed by atoms with Crippen molar-refractivity contribution in [2.24, 2.45) is 0 Å². The number of nitrogens with zero attached hydrogens (tertiary/aromatic N) is 3. The van der Waals surface area contributed by atoms with Crippen LogP contribution in [0.15, 0.2) is 73.1 Å². The maximum atomic E-state index is 12.1. The van der Waals surface area contributed by atoms with E-state index in [2.05, 4.69) is 51.9 Å². The lowest BCUT2D eigenvalue weighted by Crippen LogP contribution is -2.31. The molecule has 27 heavy (non-hydrogen) atoms. The van der Waals surface area contributed by atoms with Crippen LogP contribution < -0.4 is 10.6 Å². The summed E-state index contributed by atoms with van der Waals surface area (Å²) in [5, 5.41) is 9.97. The number of benzene rings is 2. The van der Waals surface area contributed by atoms with Crippen LogP contribution in [-0.4, -0.2) is 40.8 Å². The Kier molecular flexibility index (Phi) is 6.60. The average Bonchev–Trinajstić information content (AvgIpc) is 3.21. The second kappa shape index (κ2) is 9.54. The first-order valence-corrected chi connectivity index (χ1v) is 9.08. The van der Waals surface area contributed by atoms with Crippen molar-refractivity contribution in [1.29, 1.82) is 0 Å². The lowest BCUT2D eigenvalue weighted by Gasteiger charge is -2.17. The van der Waals surface area contributed by atoms with Gasteiger partial charge in [-0.05, 0) is 49.8 Å². The number of urea groups is 1. The number of carbonyl (C=O) groups excluding carboxylic acids is 1. The van der Waals surface area contributed by atoms with E-state index in [4.69, 9.17) is 0 Å². The predicted octanol–water partition coefficient (Wildman–Crippen LogP) is 3.52. The van der Waals surface area contributed by atoms with Gasteiger partial charge in [0.05, 0.1) is 5.69 Å². The number of amides is 2. The Morgan fingerprint density at radius 3 is 2.74 bits per heavy atom. The van der Waals surface area contributed by atoms with E-state index < -0.39 is 0 Å². The number of anilines is 1. The first kappa shape index (κ1) is 18.7. The van der Waals surface area contributed by atoms with E-state index in [1.54, 1.807) is 10.9 Å². The minimum absolute atomic E-state index is 0.196. The molecule has 3 aromatic rings. The molecular formula is C21H25N5O. The smallest absolute Gasteiger partial charge is 0.319 e. The summed E-state index contributed by atoms with van der Waals surface area (Å²) in [6, 6.07) is 19.6. The van der Waals surface area contributed by atoms with Crippen LogP contribution in [0.2, 0.25) is 0 Å². The highest BCUT2D eigenvalue weighted by molar-refractivity contribution is 5.89. The fraction of sp³-hybridized carbons (Fsp3) is 0.238. The minimum Gasteiger partial charge on any atom is -0.338 e. The van der Waals surface area contributed by atoms with Gasteiger partial charge >= 0.3 is 6.03 Å². The Morgan fingerprint density at radius 1 is 1.11 bits per heavy atom. The second-order valence-electron chi connectivity index (χ2n) is 6.46. The first-order valence-electron chi connectivity index (χ1n) is 9.08. The molecule has 6 nitrogen and oxygen atoms in total. The molecule has 0 aliphatic rings. The molecule has 1 aromatic heterocycles. The molecule has 140 valence electrons. The number of hydrogen-bond acceptors (Lipinski definition) is 3. The summed E-state index contributed by atoms with van der Waals surface area (Å²) < 4.78 is 1.76. The van der Waals surface area contributed by atoms with Crippen LogP contribution in [0.3, 0.4) is 0 Å². The van der Waals surface area contributed by atoms with Gasteiger partial charge < -0.3 is 15.5 Å². The molecule has 0 saturated carbocycles. The van der Waals surface area contributed by atoms with E-state index in [1.165, 1.54) is 5.56 Å². The summed E-state index contributed by atoms with van der Waals surface area (Å²) in [6.45, 7) is 2.46. The maximum Gasteiger partial charge on any atom is 0.319 e. The van der Waals surface area contributed by atoms with Crippen LogP contribution in [0.1, 0.15) is 12.0 Å². The molecule has 1 heterocycles. The monoisotopic (exact) mass is 363 g/mol. The van der Waals surface area contributed by atoms with Gasteiger partial charge in [0, 0.05) is 31.2 Å². The Labute approximate surface area is 159 Å². The van der Waals surface area contributed by atoms with E-state index >= 15 is 0 Å². The molecule has 0 atom stereocenters. The quantitative estimate of drug-likeness (QED) is 0.602. The topological polar surface area (TPSA) is 62.2 Å². The number of rotatable bonds is 8. The van der Waals surface area contributed by atoms with E-state index in [9.17, 15) is 4.79 Å². The highest BCUT2D eigenvalue weighted by Gasteiger charge is 2.04. The fourth-order valence-corrected chi connectivity index (χ4v) is 2.85. The number of nitrogens with one attached hydrogen (secondary N) is 2. The molecular weight excluding hydrogens is 338 g/mol. The van der Waals surface area contributed by atoms with Crippen molar-refractivity contribution in [1.82, 2.24) is 20.0 Å². The van der Waals surface area contributed by atoms with Crippen LogP contribution in [0.25, 0.3) is 5.69 Å². The Balaban J connectivity index is 1.38. The fourth-order valence-electron chi connectivity index (χ4n) is 2.85. The Hall–Kier alpha value is -3.12. The van der Waals surface area contributed by atoms with Gasteiger partial charge in [0.2, 0.25) is 0 Å². The van der Waals surface area contributed by atoms with Crippen molar-refractivity contribution in [3.8, 4) is 5.69 Å². The second-order valence-corrected chi connectivity index (χ2v) is 6.46. The molecule has 0 bridgehead atoms. The molecule has 2 N–H and O–H groups in total. The standard InChI is InChI=1S/C21H25N5O/c1-25(17-18-8-3-2-4-9-18)14-6-12-22-21(27)24-19-10-5-11-20(16-19)26-15-7-13-23-26/h2-5,7-11,13,15-16H,6,12,14,17H2,1H3,(H2,22,24,27). The molecule has 0 spiro atoms. The maximum absolute atomic E-state index is 12.1. The molecule has 6 heteroatoms. The highest BCUT2D eigenvalue weighted by atomic mass is 16.2. The average molecular weight is 363 g/mol. The third-order valence-corrected chi connectivity index (χ3v) is 4.17. The third-order valence-electron chi connectivity index (χ3n) is 4.17. The lowest BCUT2D eigenvalue weighted by molar-refractivity contribution is 0.250. The molecule has 0 aliphatic carbocycles. The van der Waals surface area contributed by atoms with E-state index in [1.807, 2.05) is 42.6 Å². The van der Waals surface area contributed by atoms with Crippen LogP contribution >= 0.6 is 0 Å². The summed E-state index contributed by atoms with van der Waals surface area (Å²) in [5.41, 5.74) is 2.93. The largest absolute Gasteiger partial charge is 0.338 e. The van der Waals surface area contributed by atoms with Crippen LogP contribution in [0.4, 0.5) is 10.5 Å². The van der Waals surface area contributed by atoms with Crippen LogP contribution in [-0.2, 0) is 6.54 Å². The molecule has 0 radical (unpaired) electrons. The summed E-state index contributed by atoms with van der Waals surface area (Å²) in [4.78, 5) is 14.3. The van der Waals surface area contributed by atoms with E-state index in [0.29, 0.717) is 6.54 Å². The van der Waals surface area contributed by atoms with Crippen LogP contribution in [0, 0.1) is 0 Å². The third kappa shape index (κ3) is 5.97. The van der Waals surface area contributed by atoms with Crippen molar-refractivity contribution in [3.05, 3.63) is 78.6 Å². The van der Waals surface area contributed by atoms with Crippen molar-refractivity contribution >= 4 is 11.7 Å². The Morgan fingerprint density at radius 2 is 1.96 bits per heavy atom. The molecule has 2 aromatic carbocycles. The van der Waals surface area contributed by atoms with Crippen molar-refractivity contribution in [2.75, 3.05) is 25.5 Å². The van der Waals surface area contributed by atoms with Gasteiger partial charge in [-0.15, -0.1) is 0 Å². The van der Waals surface area contributed by atoms with Gasteiger partial charge in [0.1, 0.15) is 0 Å². The zero-order chi connectivity index (χ0) is 18.9. The van der Waals surface area contributed by atoms with Gasteiger partial charge in [0.15, 0.2) is 0 Å². The zero-order valence-electron chi connectivity index (χ0n) is 15.5. The molecule has 3 rings (SSSR count). The summed E-state index contributed by atoms with van der Waals surface area (Å²) in [7, 11) is 2.09. The van der Waals surface area contributed by atoms with Gasteiger partial charge in [-0.1, -0.05) is 36.4 Å². The summed E-state index contributed by atoms with van der Waals surface area (Å²) in [5.74, 6) is 0. The van der Waals surface area contributed by atoms with Crippen molar-refractivity contribution in [3.63, 3.8) is 0 Å². The minimum atomic E-state index is -0.196. The summed E-state index contributed by atoms with van der Waals surface area (Å²) in [6.07, 6.45) is 4.48. The normalized spacial score (nSPS) is 10.7. The highest BCUT2D eigenvalue weighted by Crippen LogP contribution is 2.13. The molecule has 2 amide bonds. The first-order chi connectivity index (χ1) is 13.2. The van der Waals surface area contributed by atoms with E-state index in [0.717, 1.165) is 30.9 Å². The molecule has 0 saturated heterocycles. The van der Waals surface area contributed by atoms with Gasteiger partial charge in [-0.2, -0.15) is 5.10 Å². The molecule has 0 fully saturated rings. The van der Waals surface area contributed by atoms with Gasteiger partial charge in [-0.3, -0.25) is 0 Å². The lowest BCUT2D eigenvalue weighted by atomic mass is 10.2. The van der Waals surface area contributed by atoms with Crippen LogP contribution in [0.5, 0.6) is 0 Å². The number of hydrogen-bond donors (Lipinski definition) is 2. The van der Waals surface area contributed by atoms with E-state index in [-0.39, 0.29) is 6.03 Å². The number of carbonyl (C=O) groups is 1. The van der Waals surface area contributed by atoms with Crippen molar-refractivity contribution in [2.45, 2.75) is 13.0 Å². The van der Waals surface area contributed by atoms with Gasteiger partial charge in [-0.25, -0.2) is 9.48 Å². The SMILES string of the molecule is CN(CCCNC(=O)Nc1cccc(-n2cccn2)c1)Cc1ccccc1.